The second-order valence-electron chi connectivity index (χ2n) is 7.41. The van der Waals surface area contributed by atoms with Gasteiger partial charge < -0.3 is 14.6 Å². The summed E-state index contributed by atoms with van der Waals surface area (Å²) in [6.07, 6.45) is 1.06. The van der Waals surface area contributed by atoms with Gasteiger partial charge in [0, 0.05) is 31.6 Å². The highest BCUT2D eigenvalue weighted by Crippen LogP contribution is 2.38. The van der Waals surface area contributed by atoms with Gasteiger partial charge in [0.1, 0.15) is 16.7 Å². The van der Waals surface area contributed by atoms with Gasteiger partial charge >= 0.3 is 0 Å². The molecular weight excluding hydrogens is 326 g/mol. The van der Waals surface area contributed by atoms with Crippen LogP contribution >= 0.6 is 0 Å². The van der Waals surface area contributed by atoms with Crippen molar-refractivity contribution >= 4 is 16.7 Å². The van der Waals surface area contributed by atoms with Crippen molar-refractivity contribution in [3.8, 4) is 5.75 Å². The Labute approximate surface area is 145 Å². The first-order valence-electron chi connectivity index (χ1n) is 8.34. The van der Waals surface area contributed by atoms with Gasteiger partial charge in [-0.15, -0.1) is 0 Å². The summed E-state index contributed by atoms with van der Waals surface area (Å²) in [7, 11) is -1.40. The molecule has 1 aromatic rings. The van der Waals surface area contributed by atoms with Crippen molar-refractivity contribution in [2.75, 3.05) is 19.8 Å². The molecule has 24 heavy (non-hydrogen) atoms. The fourth-order valence-electron chi connectivity index (χ4n) is 3.07. The van der Waals surface area contributed by atoms with Crippen LogP contribution in [0.1, 0.15) is 39.2 Å². The van der Waals surface area contributed by atoms with E-state index in [-0.39, 0.29) is 5.92 Å². The fraction of sp³-hybridized carbons (Fsp3) is 0.611. The predicted octanol–water partition coefficient (Wildman–Crippen LogP) is 2.49. The van der Waals surface area contributed by atoms with Gasteiger partial charge in [-0.1, -0.05) is 12.1 Å². The molecule has 2 atom stereocenters. The summed E-state index contributed by atoms with van der Waals surface area (Å²) in [5.41, 5.74) is 0.577. The maximum Gasteiger partial charge on any atom is 0.145 e. The van der Waals surface area contributed by atoms with E-state index in [0.717, 1.165) is 11.3 Å². The monoisotopic (exact) mass is 351 g/mol. The number of aliphatic hydroxyl groups is 1. The molecule has 132 valence electrons. The first-order chi connectivity index (χ1) is 11.3. The van der Waals surface area contributed by atoms with Crippen LogP contribution < -0.4 is 4.74 Å². The summed E-state index contributed by atoms with van der Waals surface area (Å²) in [4.78, 5) is 0. The molecule has 0 spiro atoms. The van der Waals surface area contributed by atoms with Crippen molar-refractivity contribution < 1.29 is 18.8 Å². The third kappa shape index (κ3) is 3.41. The second-order valence-corrected chi connectivity index (χ2v) is 9.32. The minimum atomic E-state index is -1.40. The van der Waals surface area contributed by atoms with E-state index in [2.05, 4.69) is 4.40 Å². The molecule has 1 N–H and O–H groups in total. The average molecular weight is 351 g/mol. The van der Waals surface area contributed by atoms with Crippen LogP contribution in [0.15, 0.2) is 28.7 Å². The molecule has 5 nitrogen and oxygen atoms in total. The first kappa shape index (κ1) is 17.6. The van der Waals surface area contributed by atoms with Gasteiger partial charge in [0.15, 0.2) is 0 Å². The van der Waals surface area contributed by atoms with Gasteiger partial charge in [0.05, 0.1) is 28.6 Å². The number of hydrogen-bond acceptors (Lipinski definition) is 4. The summed E-state index contributed by atoms with van der Waals surface area (Å²) < 4.78 is 28.0. The lowest BCUT2D eigenvalue weighted by Crippen LogP contribution is -2.51. The van der Waals surface area contributed by atoms with Crippen LogP contribution in [-0.2, 0) is 15.7 Å². The van der Waals surface area contributed by atoms with Gasteiger partial charge in [-0.05, 0) is 32.9 Å². The van der Waals surface area contributed by atoms with Crippen molar-refractivity contribution in [3.05, 3.63) is 29.8 Å². The summed E-state index contributed by atoms with van der Waals surface area (Å²) in [5.74, 6) is 0.427. The normalized spacial score (nSPS) is 26.5. The SMILES string of the molecule is CC(C)(C)[S@](=O)/N=C1/c2ccccc2OC[C@@H]1C1(O)CCOCC1. The Balaban J connectivity index is 2.05. The molecule has 2 aliphatic heterocycles. The molecule has 0 saturated carbocycles. The molecule has 0 unspecified atom stereocenters. The Bertz CT molecular complexity index is 659. The highest BCUT2D eigenvalue weighted by atomic mass is 32.2. The standard InChI is InChI=1S/C18H25NO4S/c1-17(2,3)24(21)19-16-13-6-4-5-7-15(13)23-12-14(16)18(20)8-10-22-11-9-18/h4-7,14,20H,8-12H2,1-3H3/b19-16-/t14-,24-/m0/s1. The molecule has 1 fully saturated rings. The molecule has 2 aliphatic rings. The first-order valence-corrected chi connectivity index (χ1v) is 9.45. The predicted molar refractivity (Wildman–Crippen MR) is 94.9 cm³/mol. The molecule has 0 bridgehead atoms. The summed E-state index contributed by atoms with van der Waals surface area (Å²) in [6, 6.07) is 7.62. The van der Waals surface area contributed by atoms with E-state index >= 15 is 0 Å². The fourth-order valence-corrected chi connectivity index (χ4v) is 3.74. The van der Waals surface area contributed by atoms with Gasteiger partial charge in [-0.25, -0.2) is 4.21 Å². The summed E-state index contributed by atoms with van der Waals surface area (Å²) in [6.45, 7) is 7.08. The third-order valence-corrected chi connectivity index (χ3v) is 6.02. The van der Waals surface area contributed by atoms with Crippen molar-refractivity contribution in [2.24, 2.45) is 10.3 Å². The molecule has 6 heteroatoms. The van der Waals surface area contributed by atoms with Crippen LogP contribution in [0.5, 0.6) is 5.75 Å². The minimum Gasteiger partial charge on any atom is -0.492 e. The van der Waals surface area contributed by atoms with E-state index in [4.69, 9.17) is 9.47 Å². The number of benzene rings is 1. The van der Waals surface area contributed by atoms with Crippen LogP contribution in [0, 0.1) is 5.92 Å². The maximum atomic E-state index is 12.7. The molecular formula is C18H25NO4S. The topological polar surface area (TPSA) is 68.1 Å². The minimum absolute atomic E-state index is 0.303. The summed E-state index contributed by atoms with van der Waals surface area (Å²) in [5, 5.41) is 11.2. The highest BCUT2D eigenvalue weighted by molar-refractivity contribution is 7.85. The van der Waals surface area contributed by atoms with Gasteiger partial charge in [-0.3, -0.25) is 0 Å². The maximum absolute atomic E-state index is 12.7. The Morgan fingerprint density at radius 1 is 1.25 bits per heavy atom. The number of hydrogen-bond donors (Lipinski definition) is 1. The van der Waals surface area contributed by atoms with Crippen molar-refractivity contribution in [1.82, 2.24) is 0 Å². The van der Waals surface area contributed by atoms with Crippen LogP contribution in [0.3, 0.4) is 0 Å². The Hall–Kier alpha value is -1.24. The van der Waals surface area contributed by atoms with E-state index in [1.54, 1.807) is 0 Å². The molecule has 0 radical (unpaired) electrons. The lowest BCUT2D eigenvalue weighted by atomic mass is 9.76. The van der Waals surface area contributed by atoms with Crippen LogP contribution in [0.4, 0.5) is 0 Å². The molecule has 0 aliphatic carbocycles. The Morgan fingerprint density at radius 2 is 1.92 bits per heavy atom. The molecule has 1 saturated heterocycles. The molecule has 1 aromatic carbocycles. The number of fused-ring (bicyclic) bond motifs is 1. The lowest BCUT2D eigenvalue weighted by Gasteiger charge is -2.41. The van der Waals surface area contributed by atoms with E-state index in [9.17, 15) is 9.32 Å². The van der Waals surface area contributed by atoms with E-state index in [0.29, 0.717) is 38.4 Å². The quantitative estimate of drug-likeness (QED) is 0.889. The highest BCUT2D eigenvalue weighted by Gasteiger charge is 2.45. The number of nitrogens with zero attached hydrogens (tertiary/aromatic N) is 1. The zero-order chi connectivity index (χ0) is 17.4. The van der Waals surface area contributed by atoms with E-state index < -0.39 is 21.3 Å². The number of para-hydroxylation sites is 1. The second kappa shape index (κ2) is 6.58. The largest absolute Gasteiger partial charge is 0.492 e. The smallest absolute Gasteiger partial charge is 0.145 e. The Morgan fingerprint density at radius 3 is 2.58 bits per heavy atom. The Kier molecular flexibility index (Phi) is 4.82. The van der Waals surface area contributed by atoms with Crippen LogP contribution in [0.2, 0.25) is 0 Å². The third-order valence-electron chi connectivity index (χ3n) is 4.61. The van der Waals surface area contributed by atoms with Crippen LogP contribution in [0.25, 0.3) is 0 Å². The molecule has 2 heterocycles. The van der Waals surface area contributed by atoms with Gasteiger partial charge in [0.25, 0.3) is 0 Å². The zero-order valence-corrected chi connectivity index (χ0v) is 15.3. The molecule has 3 rings (SSSR count). The van der Waals surface area contributed by atoms with Crippen molar-refractivity contribution in [1.29, 1.82) is 0 Å². The molecule has 0 amide bonds. The van der Waals surface area contributed by atoms with Crippen molar-refractivity contribution in [3.63, 3.8) is 0 Å². The average Bonchev–Trinajstić information content (AvgIpc) is 2.54. The van der Waals surface area contributed by atoms with Gasteiger partial charge in [-0.2, -0.15) is 4.40 Å². The van der Waals surface area contributed by atoms with Crippen LogP contribution in [-0.4, -0.2) is 45.2 Å². The number of rotatable bonds is 2. The molecule has 0 aromatic heterocycles. The van der Waals surface area contributed by atoms with Gasteiger partial charge in [0.2, 0.25) is 0 Å². The zero-order valence-electron chi connectivity index (χ0n) is 14.4. The lowest BCUT2D eigenvalue weighted by molar-refractivity contribution is -0.0912. The van der Waals surface area contributed by atoms with Crippen molar-refractivity contribution in [2.45, 2.75) is 44.0 Å². The van der Waals surface area contributed by atoms with E-state index in [1.807, 2.05) is 45.0 Å². The number of ether oxygens (including phenoxy) is 2. The summed E-state index contributed by atoms with van der Waals surface area (Å²) >= 11 is 0. The van der Waals surface area contributed by atoms with E-state index in [1.165, 1.54) is 0 Å².